The fraction of sp³-hybridized carbons (Fsp3) is 0.296. The summed E-state index contributed by atoms with van der Waals surface area (Å²) in [6, 6.07) is 32.3. The minimum atomic E-state index is -0.635. The Bertz CT molecular complexity index is 2260. The van der Waals surface area contributed by atoms with E-state index in [2.05, 4.69) is 23.8 Å². The lowest BCUT2D eigenvalue weighted by molar-refractivity contribution is 0.0719. The molecule has 0 N–H and O–H groups in total. The van der Waals surface area contributed by atoms with E-state index in [0.29, 0.717) is 47.2 Å². The molecule has 0 spiro atoms. The molecule has 0 saturated heterocycles. The van der Waals surface area contributed by atoms with Crippen LogP contribution in [0.15, 0.2) is 134 Å². The van der Waals surface area contributed by atoms with Gasteiger partial charge in [-0.25, -0.2) is 19.2 Å². The number of carbonyl (C=O) groups is 4. The highest BCUT2D eigenvalue weighted by molar-refractivity contribution is 5.93. The lowest BCUT2D eigenvalue weighted by atomic mass is 10.1. The van der Waals surface area contributed by atoms with Gasteiger partial charge in [0.05, 0.1) is 46.9 Å². The summed E-state index contributed by atoms with van der Waals surface area (Å²) in [4.78, 5) is 59.9. The average molecular weight is 893 g/mol. The summed E-state index contributed by atoms with van der Waals surface area (Å²) in [7, 11) is 0. The van der Waals surface area contributed by atoms with Crippen LogP contribution in [0.25, 0.3) is 11.4 Å². The summed E-state index contributed by atoms with van der Waals surface area (Å²) in [6.45, 7) is 5.68. The van der Waals surface area contributed by atoms with Crippen molar-refractivity contribution in [2.45, 2.75) is 90.9 Å². The second-order valence-electron chi connectivity index (χ2n) is 15.6. The third-order valence-electron chi connectivity index (χ3n) is 10.5. The van der Waals surface area contributed by atoms with Crippen LogP contribution in [0, 0.1) is 0 Å². The number of hydrogen-bond acceptors (Lipinski definition) is 12. The second-order valence-corrected chi connectivity index (χ2v) is 15.6. The van der Waals surface area contributed by atoms with Crippen LogP contribution < -0.4 is 28.4 Å². The zero-order chi connectivity index (χ0) is 46.4. The van der Waals surface area contributed by atoms with E-state index in [1.54, 1.807) is 72.8 Å². The van der Waals surface area contributed by atoms with E-state index in [1.807, 2.05) is 0 Å². The maximum atomic E-state index is 12.9. The molecule has 0 aliphatic rings. The lowest BCUT2D eigenvalue weighted by Gasteiger charge is -2.09. The number of hydrogen-bond donors (Lipinski definition) is 0. The first kappa shape index (κ1) is 48.1. The highest BCUT2D eigenvalue weighted by atomic mass is 16.6. The Morgan fingerprint density at radius 3 is 0.909 bits per heavy atom. The normalized spacial score (nSPS) is 10.8. The molecular weight excluding hydrogens is 837 g/mol. The summed E-state index contributed by atoms with van der Waals surface area (Å²) < 4.78 is 33.6. The zero-order valence-corrected chi connectivity index (χ0v) is 37.6. The summed E-state index contributed by atoms with van der Waals surface area (Å²) >= 11 is 0. The standard InChI is InChI=1S/C54H56N2O10/c1-3-5-7-9-11-13-35-61-43-21-15-39(16-22-43)51(57)63-45-25-29-47(30-26-45)65-53(59)41-19-33-49(55-37-41)50-34-20-42(38-56-50)54(60)66-48-31-27-46(28-32-48)64-52(58)40-17-23-44(24-18-40)62-36-14-12-10-8-6-4-2/h15-34,37-38H,3-14,35-36H2,1-2H3. The van der Waals surface area contributed by atoms with Crippen molar-refractivity contribution >= 4 is 23.9 Å². The van der Waals surface area contributed by atoms with Crippen molar-refractivity contribution in [2.24, 2.45) is 0 Å². The van der Waals surface area contributed by atoms with Gasteiger partial charge in [-0.3, -0.25) is 9.97 Å². The molecule has 2 heterocycles. The predicted octanol–water partition coefficient (Wildman–Crippen LogP) is 12.5. The minimum Gasteiger partial charge on any atom is -0.494 e. The number of rotatable bonds is 25. The van der Waals surface area contributed by atoms with Gasteiger partial charge in [0.25, 0.3) is 0 Å². The predicted molar refractivity (Wildman–Crippen MR) is 251 cm³/mol. The first-order valence-electron chi connectivity index (χ1n) is 22.7. The summed E-state index contributed by atoms with van der Waals surface area (Å²) in [5, 5.41) is 0. The molecule has 12 heteroatoms. The summed E-state index contributed by atoms with van der Waals surface area (Å²) in [6.07, 6.45) is 16.9. The largest absolute Gasteiger partial charge is 0.494 e. The molecule has 66 heavy (non-hydrogen) atoms. The fourth-order valence-electron chi connectivity index (χ4n) is 6.67. The molecule has 12 nitrogen and oxygen atoms in total. The molecule has 0 radical (unpaired) electrons. The Hall–Kier alpha value is -7.34. The number of pyridine rings is 2. The van der Waals surface area contributed by atoms with E-state index < -0.39 is 23.9 Å². The van der Waals surface area contributed by atoms with Crippen molar-refractivity contribution < 1.29 is 47.6 Å². The number of unbranched alkanes of at least 4 members (excludes halogenated alkanes) is 10. The fourth-order valence-corrected chi connectivity index (χ4v) is 6.67. The molecule has 0 unspecified atom stereocenters. The molecule has 0 amide bonds. The van der Waals surface area contributed by atoms with Crippen LogP contribution in [0.4, 0.5) is 0 Å². The van der Waals surface area contributed by atoms with E-state index in [0.717, 1.165) is 25.7 Å². The van der Waals surface area contributed by atoms with Gasteiger partial charge in [-0.1, -0.05) is 78.1 Å². The first-order valence-corrected chi connectivity index (χ1v) is 22.7. The number of esters is 4. The highest BCUT2D eigenvalue weighted by Crippen LogP contribution is 2.24. The summed E-state index contributed by atoms with van der Waals surface area (Å²) in [5.74, 6) is 0.166. The van der Waals surface area contributed by atoms with Crippen molar-refractivity contribution in [1.29, 1.82) is 0 Å². The van der Waals surface area contributed by atoms with Crippen LogP contribution in [0.5, 0.6) is 34.5 Å². The number of ether oxygens (including phenoxy) is 6. The molecule has 0 aliphatic heterocycles. The van der Waals surface area contributed by atoms with Gasteiger partial charge in [-0.2, -0.15) is 0 Å². The van der Waals surface area contributed by atoms with Gasteiger partial charge >= 0.3 is 23.9 Å². The third-order valence-corrected chi connectivity index (χ3v) is 10.5. The van der Waals surface area contributed by atoms with E-state index in [1.165, 1.54) is 112 Å². The van der Waals surface area contributed by atoms with Crippen molar-refractivity contribution in [3.8, 4) is 45.9 Å². The van der Waals surface area contributed by atoms with Crippen LogP contribution in [0.3, 0.4) is 0 Å². The van der Waals surface area contributed by atoms with E-state index >= 15 is 0 Å². The molecule has 0 atom stereocenters. The molecule has 6 aromatic rings. The first-order chi connectivity index (χ1) is 32.3. The molecule has 0 bridgehead atoms. The van der Waals surface area contributed by atoms with E-state index in [9.17, 15) is 19.2 Å². The molecule has 0 aliphatic carbocycles. The number of nitrogens with zero attached hydrogens (tertiary/aromatic N) is 2. The van der Waals surface area contributed by atoms with Crippen LogP contribution in [-0.4, -0.2) is 47.1 Å². The maximum Gasteiger partial charge on any atom is 0.345 e. The van der Waals surface area contributed by atoms with Gasteiger partial charge in [0, 0.05) is 12.4 Å². The highest BCUT2D eigenvalue weighted by Gasteiger charge is 2.15. The van der Waals surface area contributed by atoms with Crippen molar-refractivity contribution in [3.05, 3.63) is 156 Å². The smallest absolute Gasteiger partial charge is 0.345 e. The molecule has 4 aromatic carbocycles. The molecule has 342 valence electrons. The second kappa shape index (κ2) is 25.8. The maximum absolute atomic E-state index is 12.9. The number of carbonyl (C=O) groups excluding carboxylic acids is 4. The number of aromatic nitrogens is 2. The molecule has 0 saturated carbocycles. The zero-order valence-electron chi connectivity index (χ0n) is 37.6. The van der Waals surface area contributed by atoms with Gasteiger partial charge < -0.3 is 28.4 Å². The molecule has 0 fully saturated rings. The van der Waals surface area contributed by atoms with Gasteiger partial charge in [-0.15, -0.1) is 0 Å². The average Bonchev–Trinajstić information content (AvgIpc) is 3.35. The van der Waals surface area contributed by atoms with Crippen LogP contribution in [-0.2, 0) is 0 Å². The molecular formula is C54H56N2O10. The summed E-state index contributed by atoms with van der Waals surface area (Å²) in [5.41, 5.74) is 2.09. The third kappa shape index (κ3) is 15.4. The SMILES string of the molecule is CCCCCCCCOc1ccc(C(=O)Oc2ccc(OC(=O)c3ccc(-c4ccc(C(=O)Oc5ccc(OC(=O)c6ccc(OCCCCCCCC)cc6)cc5)cn4)nc3)cc2)cc1. The van der Waals surface area contributed by atoms with E-state index in [4.69, 9.17) is 28.4 Å². The Morgan fingerprint density at radius 1 is 0.333 bits per heavy atom. The Balaban J connectivity index is 0.904. The number of benzene rings is 4. The van der Waals surface area contributed by atoms with Crippen LogP contribution >= 0.6 is 0 Å². The van der Waals surface area contributed by atoms with E-state index in [-0.39, 0.29) is 34.1 Å². The molecule has 2 aromatic heterocycles. The van der Waals surface area contributed by atoms with Gasteiger partial charge in [0.1, 0.15) is 34.5 Å². The van der Waals surface area contributed by atoms with Crippen molar-refractivity contribution in [3.63, 3.8) is 0 Å². The Labute approximate surface area is 386 Å². The minimum absolute atomic E-state index is 0.202. The monoisotopic (exact) mass is 892 g/mol. The van der Waals surface area contributed by atoms with Crippen LogP contribution in [0.2, 0.25) is 0 Å². The Morgan fingerprint density at radius 2 is 0.606 bits per heavy atom. The quantitative estimate of drug-likeness (QED) is 0.0306. The van der Waals surface area contributed by atoms with Crippen LogP contribution in [0.1, 0.15) is 132 Å². The van der Waals surface area contributed by atoms with Crippen molar-refractivity contribution in [1.82, 2.24) is 9.97 Å². The van der Waals surface area contributed by atoms with Gasteiger partial charge in [0.2, 0.25) is 0 Å². The van der Waals surface area contributed by atoms with Crippen molar-refractivity contribution in [2.75, 3.05) is 13.2 Å². The Kier molecular flexibility index (Phi) is 18.8. The topological polar surface area (TPSA) is 149 Å². The van der Waals surface area contributed by atoms with Gasteiger partial charge in [0.15, 0.2) is 0 Å². The van der Waals surface area contributed by atoms with Gasteiger partial charge in [-0.05, 0) is 134 Å². The molecule has 6 rings (SSSR count). The lowest BCUT2D eigenvalue weighted by Crippen LogP contribution is -2.10.